The van der Waals surface area contributed by atoms with Crippen LogP contribution in [0.1, 0.15) is 6.92 Å². The summed E-state index contributed by atoms with van der Waals surface area (Å²) in [4.78, 5) is 10.3. The lowest BCUT2D eigenvalue weighted by Gasteiger charge is -2.13. The van der Waals surface area contributed by atoms with Crippen molar-refractivity contribution in [2.75, 3.05) is 17.7 Å². The molecule has 0 saturated heterocycles. The zero-order valence-corrected chi connectivity index (χ0v) is 11.6. The zero-order chi connectivity index (χ0) is 14.8. The molecule has 0 bridgehead atoms. The molecule has 1 aliphatic heterocycles. The van der Waals surface area contributed by atoms with Gasteiger partial charge in [-0.05, 0) is 13.0 Å². The largest absolute Gasteiger partial charge is 0.487 e. The molecular weight excluding hydrogens is 284 g/mol. The number of hydrogen-bond acceptors (Lipinski definition) is 6. The maximum absolute atomic E-state index is 11.3. The molecule has 1 aliphatic rings. The SMILES string of the molecule is CCOc1cc(NC2C=CS(=O)(=O)C2)ccc1[N+](=O)[O-]. The van der Waals surface area contributed by atoms with Crippen LogP contribution < -0.4 is 10.1 Å². The highest BCUT2D eigenvalue weighted by atomic mass is 32.2. The Bertz CT molecular complexity index is 654. The molecule has 0 saturated carbocycles. The van der Waals surface area contributed by atoms with Crippen LogP contribution in [0, 0.1) is 10.1 Å². The number of sulfone groups is 1. The molecular formula is C12H14N2O5S. The minimum atomic E-state index is -3.14. The van der Waals surface area contributed by atoms with Gasteiger partial charge in [0.05, 0.1) is 23.3 Å². The first-order chi connectivity index (χ1) is 9.41. The fraction of sp³-hybridized carbons (Fsp3) is 0.333. The van der Waals surface area contributed by atoms with E-state index in [9.17, 15) is 18.5 Å². The fourth-order valence-electron chi connectivity index (χ4n) is 1.91. The van der Waals surface area contributed by atoms with Gasteiger partial charge in [-0.2, -0.15) is 0 Å². The molecule has 108 valence electrons. The monoisotopic (exact) mass is 298 g/mol. The van der Waals surface area contributed by atoms with Gasteiger partial charge < -0.3 is 10.1 Å². The van der Waals surface area contributed by atoms with Gasteiger partial charge in [0.2, 0.25) is 0 Å². The highest BCUT2D eigenvalue weighted by Crippen LogP contribution is 2.30. The smallest absolute Gasteiger partial charge is 0.311 e. The van der Waals surface area contributed by atoms with Crippen LogP contribution in [0.4, 0.5) is 11.4 Å². The number of rotatable bonds is 5. The van der Waals surface area contributed by atoms with Crippen molar-refractivity contribution >= 4 is 21.2 Å². The lowest BCUT2D eigenvalue weighted by atomic mass is 10.2. The van der Waals surface area contributed by atoms with Crippen molar-refractivity contribution in [2.45, 2.75) is 13.0 Å². The molecule has 0 aromatic heterocycles. The molecule has 0 aliphatic carbocycles. The Labute approximate surface area is 116 Å². The van der Waals surface area contributed by atoms with Gasteiger partial charge in [0.1, 0.15) is 0 Å². The Balaban J connectivity index is 2.19. The number of benzene rings is 1. The lowest BCUT2D eigenvalue weighted by Crippen LogP contribution is -2.20. The fourth-order valence-corrected chi connectivity index (χ4v) is 3.14. The Morgan fingerprint density at radius 3 is 2.80 bits per heavy atom. The first-order valence-corrected chi connectivity index (χ1v) is 7.71. The second kappa shape index (κ2) is 5.49. The highest BCUT2D eigenvalue weighted by Gasteiger charge is 2.22. The van der Waals surface area contributed by atoms with Gasteiger partial charge in [0.15, 0.2) is 15.6 Å². The molecule has 1 N–H and O–H groups in total. The summed E-state index contributed by atoms with van der Waals surface area (Å²) in [5.74, 6) is 0.140. The van der Waals surface area contributed by atoms with Gasteiger partial charge in [0.25, 0.3) is 0 Å². The van der Waals surface area contributed by atoms with Crippen LogP contribution in [0.5, 0.6) is 5.75 Å². The van der Waals surface area contributed by atoms with E-state index in [0.29, 0.717) is 12.3 Å². The number of hydrogen-bond donors (Lipinski definition) is 1. The van der Waals surface area contributed by atoms with Crippen LogP contribution in [0.2, 0.25) is 0 Å². The van der Waals surface area contributed by atoms with Crippen molar-refractivity contribution in [2.24, 2.45) is 0 Å². The van der Waals surface area contributed by atoms with Crippen molar-refractivity contribution in [3.05, 3.63) is 39.8 Å². The summed E-state index contributed by atoms with van der Waals surface area (Å²) < 4.78 is 27.8. The molecule has 0 spiro atoms. The van der Waals surface area contributed by atoms with Crippen LogP contribution in [-0.2, 0) is 9.84 Å². The minimum Gasteiger partial charge on any atom is -0.487 e. The number of nitro groups is 1. The standard InChI is InChI=1S/C12H14N2O5S/c1-2-19-12-7-9(3-4-11(12)14(15)16)13-10-5-6-20(17,18)8-10/h3-7,10,13H,2,8H2,1H3. The normalized spacial score (nSPS) is 19.8. The van der Waals surface area contributed by atoms with Gasteiger partial charge in [-0.25, -0.2) is 8.42 Å². The maximum atomic E-state index is 11.3. The van der Waals surface area contributed by atoms with Crippen molar-refractivity contribution in [1.29, 1.82) is 0 Å². The third-order valence-electron chi connectivity index (χ3n) is 2.74. The third kappa shape index (κ3) is 3.27. The number of nitrogens with one attached hydrogen (secondary N) is 1. The second-order valence-corrected chi connectivity index (χ2v) is 6.21. The van der Waals surface area contributed by atoms with Gasteiger partial charge >= 0.3 is 5.69 Å². The molecule has 0 fully saturated rings. The number of anilines is 1. The zero-order valence-electron chi connectivity index (χ0n) is 10.8. The molecule has 1 aromatic rings. The molecule has 8 heteroatoms. The molecule has 7 nitrogen and oxygen atoms in total. The van der Waals surface area contributed by atoms with E-state index in [4.69, 9.17) is 4.74 Å². The van der Waals surface area contributed by atoms with Crippen LogP contribution in [0.3, 0.4) is 0 Å². The van der Waals surface area contributed by atoms with Crippen LogP contribution >= 0.6 is 0 Å². The number of nitrogens with zero attached hydrogens (tertiary/aromatic N) is 1. The van der Waals surface area contributed by atoms with Crippen molar-refractivity contribution < 1.29 is 18.1 Å². The van der Waals surface area contributed by atoms with Gasteiger partial charge in [-0.3, -0.25) is 10.1 Å². The Morgan fingerprint density at radius 1 is 1.50 bits per heavy atom. The topological polar surface area (TPSA) is 98.5 Å². The Hall–Kier alpha value is -2.09. The molecule has 1 unspecified atom stereocenters. The second-order valence-electron chi connectivity index (χ2n) is 4.28. The van der Waals surface area contributed by atoms with E-state index in [-0.39, 0.29) is 23.2 Å². The number of ether oxygens (including phenoxy) is 1. The molecule has 0 radical (unpaired) electrons. The van der Waals surface area contributed by atoms with Crippen molar-refractivity contribution in [3.8, 4) is 5.75 Å². The van der Waals surface area contributed by atoms with E-state index in [1.165, 1.54) is 23.6 Å². The van der Waals surface area contributed by atoms with Gasteiger partial charge in [-0.1, -0.05) is 6.08 Å². The van der Waals surface area contributed by atoms with Crippen LogP contribution in [0.15, 0.2) is 29.7 Å². The summed E-state index contributed by atoms with van der Waals surface area (Å²) in [6.45, 7) is 2.04. The number of nitro benzene ring substituents is 1. The van der Waals surface area contributed by atoms with E-state index in [2.05, 4.69) is 5.32 Å². The molecule has 1 heterocycles. The first-order valence-electron chi connectivity index (χ1n) is 6.00. The first kappa shape index (κ1) is 14.3. The predicted octanol–water partition coefficient (Wildman–Crippen LogP) is 1.72. The minimum absolute atomic E-state index is 0.0199. The predicted molar refractivity (Wildman–Crippen MR) is 74.6 cm³/mol. The van der Waals surface area contributed by atoms with E-state index in [1.807, 2.05) is 0 Å². The quantitative estimate of drug-likeness (QED) is 0.656. The van der Waals surface area contributed by atoms with Crippen molar-refractivity contribution in [3.63, 3.8) is 0 Å². The van der Waals surface area contributed by atoms with E-state index >= 15 is 0 Å². The molecule has 1 aromatic carbocycles. The summed E-state index contributed by atoms with van der Waals surface area (Å²) in [5, 5.41) is 15.0. The summed E-state index contributed by atoms with van der Waals surface area (Å²) >= 11 is 0. The molecule has 20 heavy (non-hydrogen) atoms. The Kier molecular flexibility index (Phi) is 3.93. The highest BCUT2D eigenvalue weighted by molar-refractivity contribution is 7.94. The van der Waals surface area contributed by atoms with Crippen LogP contribution in [0.25, 0.3) is 0 Å². The molecule has 0 amide bonds. The van der Waals surface area contributed by atoms with Gasteiger partial charge in [-0.15, -0.1) is 0 Å². The van der Waals surface area contributed by atoms with E-state index in [1.54, 1.807) is 13.0 Å². The average molecular weight is 298 g/mol. The van der Waals surface area contributed by atoms with Crippen molar-refractivity contribution in [1.82, 2.24) is 0 Å². The molecule has 2 rings (SSSR count). The summed E-state index contributed by atoms with van der Waals surface area (Å²) in [7, 11) is -3.14. The maximum Gasteiger partial charge on any atom is 0.311 e. The third-order valence-corrected chi connectivity index (χ3v) is 4.13. The summed E-state index contributed by atoms with van der Waals surface area (Å²) in [6.07, 6.45) is 1.55. The van der Waals surface area contributed by atoms with Crippen LogP contribution in [-0.4, -0.2) is 31.7 Å². The summed E-state index contributed by atoms with van der Waals surface area (Å²) in [6, 6.07) is 4.02. The van der Waals surface area contributed by atoms with E-state index < -0.39 is 14.8 Å². The Morgan fingerprint density at radius 2 is 2.25 bits per heavy atom. The summed E-state index contributed by atoms with van der Waals surface area (Å²) in [5.41, 5.74) is 0.456. The lowest BCUT2D eigenvalue weighted by molar-refractivity contribution is -0.385. The molecule has 1 atom stereocenters. The van der Waals surface area contributed by atoms with Gasteiger partial charge in [0, 0.05) is 23.2 Å². The average Bonchev–Trinajstić information content (AvgIpc) is 2.69. The van der Waals surface area contributed by atoms with E-state index in [0.717, 1.165) is 0 Å².